The number of halogens is 2. The molecule has 160 valence electrons. The molecule has 0 amide bonds. The molecular formula is C24H19Cl2N5S. The molecule has 0 aliphatic rings. The molecule has 0 radical (unpaired) electrons. The van der Waals surface area contributed by atoms with Crippen LogP contribution >= 0.6 is 34.5 Å². The monoisotopic (exact) mass is 479 g/mol. The summed E-state index contributed by atoms with van der Waals surface area (Å²) in [5, 5.41) is 19.3. The van der Waals surface area contributed by atoms with E-state index in [1.165, 1.54) is 16.9 Å². The number of aryl methyl sites for hydroxylation is 1. The third-order valence-electron chi connectivity index (χ3n) is 4.92. The highest BCUT2D eigenvalue weighted by Gasteiger charge is 2.10. The first-order chi connectivity index (χ1) is 15.5. The predicted molar refractivity (Wildman–Crippen MR) is 133 cm³/mol. The number of hydrogen-bond acceptors (Lipinski definition) is 6. The number of azo groups is 1. The number of benzene rings is 3. The zero-order valence-corrected chi connectivity index (χ0v) is 19.6. The van der Waals surface area contributed by atoms with E-state index in [1.54, 1.807) is 12.1 Å². The summed E-state index contributed by atoms with van der Waals surface area (Å²) in [5.41, 5.74) is 4.75. The van der Waals surface area contributed by atoms with Crippen LogP contribution in [0.2, 0.25) is 10.0 Å². The summed E-state index contributed by atoms with van der Waals surface area (Å²) in [4.78, 5) is 6.66. The van der Waals surface area contributed by atoms with Gasteiger partial charge in [0, 0.05) is 18.8 Å². The van der Waals surface area contributed by atoms with Crippen LogP contribution in [0.1, 0.15) is 17.5 Å². The van der Waals surface area contributed by atoms with Crippen molar-refractivity contribution in [3.63, 3.8) is 0 Å². The minimum absolute atomic E-state index is 0.457. The highest BCUT2D eigenvalue weighted by Crippen LogP contribution is 2.35. The van der Waals surface area contributed by atoms with Crippen LogP contribution in [-0.2, 0) is 6.54 Å². The lowest BCUT2D eigenvalue weighted by Gasteiger charge is -2.24. The number of nitrogens with zero attached hydrogens (tertiary/aromatic N) is 5. The predicted octanol–water partition coefficient (Wildman–Crippen LogP) is 8.25. The maximum atomic E-state index is 9.06. The minimum atomic E-state index is 0.457. The summed E-state index contributed by atoms with van der Waals surface area (Å²) >= 11 is 13.6. The highest BCUT2D eigenvalue weighted by molar-refractivity contribution is 7.22. The molecule has 0 N–H and O–H groups in total. The molecule has 0 atom stereocenters. The molecule has 0 aliphatic carbocycles. The number of fused-ring (bicyclic) bond motifs is 1. The van der Waals surface area contributed by atoms with Gasteiger partial charge >= 0.3 is 0 Å². The summed E-state index contributed by atoms with van der Waals surface area (Å²) in [7, 11) is 0. The van der Waals surface area contributed by atoms with Gasteiger partial charge in [-0.2, -0.15) is 5.26 Å². The van der Waals surface area contributed by atoms with Crippen molar-refractivity contribution in [2.75, 3.05) is 11.4 Å². The smallest absolute Gasteiger partial charge is 0.231 e. The van der Waals surface area contributed by atoms with Crippen molar-refractivity contribution in [2.24, 2.45) is 10.2 Å². The summed E-state index contributed by atoms with van der Waals surface area (Å²) in [6.07, 6.45) is 0.457. The first-order valence-electron chi connectivity index (χ1n) is 9.97. The standard InChI is InChI=1S/C24H19Cl2N5S/c1-16-12-18(31(11-5-10-27)15-17-6-3-2-4-7-17)8-9-21(16)29-30-24-28-22-13-19(25)20(26)14-23(22)32-24/h2-4,6-9,12-14H,5,11,15H2,1H3. The van der Waals surface area contributed by atoms with Gasteiger partial charge in [-0.05, 0) is 48.4 Å². The first kappa shape index (κ1) is 22.2. The van der Waals surface area contributed by atoms with Crippen molar-refractivity contribution in [1.29, 1.82) is 5.26 Å². The summed E-state index contributed by atoms with van der Waals surface area (Å²) in [6, 6.07) is 22.0. The van der Waals surface area contributed by atoms with Gasteiger partial charge in [0.25, 0.3) is 0 Å². The van der Waals surface area contributed by atoms with Gasteiger partial charge in [-0.3, -0.25) is 0 Å². The fraction of sp³-hybridized carbons (Fsp3) is 0.167. The normalized spacial score (nSPS) is 11.2. The maximum Gasteiger partial charge on any atom is 0.231 e. The molecule has 0 saturated carbocycles. The van der Waals surface area contributed by atoms with E-state index in [1.807, 2.05) is 37.3 Å². The van der Waals surface area contributed by atoms with Crippen LogP contribution in [0.15, 0.2) is 70.9 Å². The quantitative estimate of drug-likeness (QED) is 0.250. The number of hydrogen-bond donors (Lipinski definition) is 0. The number of aromatic nitrogens is 1. The van der Waals surface area contributed by atoms with E-state index in [9.17, 15) is 0 Å². The third-order valence-corrected chi connectivity index (χ3v) is 6.54. The zero-order valence-electron chi connectivity index (χ0n) is 17.3. The Morgan fingerprint density at radius 2 is 1.81 bits per heavy atom. The van der Waals surface area contributed by atoms with Gasteiger partial charge < -0.3 is 4.90 Å². The van der Waals surface area contributed by atoms with Crippen molar-refractivity contribution in [3.05, 3.63) is 81.8 Å². The van der Waals surface area contributed by atoms with E-state index in [2.05, 4.69) is 44.4 Å². The van der Waals surface area contributed by atoms with Crippen molar-refractivity contribution >= 4 is 61.3 Å². The SMILES string of the molecule is Cc1cc(N(CCC#N)Cc2ccccc2)ccc1N=Nc1nc2cc(Cl)c(Cl)cc2s1. The van der Waals surface area contributed by atoms with Crippen LogP contribution in [0.5, 0.6) is 0 Å². The molecule has 0 fully saturated rings. The molecule has 0 spiro atoms. The summed E-state index contributed by atoms with van der Waals surface area (Å²) in [5.74, 6) is 0. The molecular weight excluding hydrogens is 461 g/mol. The third kappa shape index (κ3) is 5.25. The van der Waals surface area contributed by atoms with E-state index in [4.69, 9.17) is 28.5 Å². The van der Waals surface area contributed by atoms with Crippen molar-refractivity contribution in [2.45, 2.75) is 19.9 Å². The van der Waals surface area contributed by atoms with E-state index >= 15 is 0 Å². The molecule has 0 saturated heterocycles. The van der Waals surface area contributed by atoms with Gasteiger partial charge in [0.15, 0.2) is 0 Å². The van der Waals surface area contributed by atoms with E-state index < -0.39 is 0 Å². The lowest BCUT2D eigenvalue weighted by molar-refractivity contribution is 0.797. The van der Waals surface area contributed by atoms with Crippen molar-refractivity contribution < 1.29 is 0 Å². The van der Waals surface area contributed by atoms with Crippen LogP contribution < -0.4 is 4.90 Å². The highest BCUT2D eigenvalue weighted by atomic mass is 35.5. The fourth-order valence-electron chi connectivity index (χ4n) is 3.29. The van der Waals surface area contributed by atoms with Crippen LogP contribution in [0.3, 0.4) is 0 Å². The fourth-order valence-corrected chi connectivity index (χ4v) is 4.48. The molecule has 0 bridgehead atoms. The van der Waals surface area contributed by atoms with Crippen LogP contribution in [0.25, 0.3) is 10.2 Å². The topological polar surface area (TPSA) is 64.6 Å². The number of nitriles is 1. The second kappa shape index (κ2) is 10.1. The Morgan fingerprint density at radius 3 is 2.56 bits per heavy atom. The summed E-state index contributed by atoms with van der Waals surface area (Å²) in [6.45, 7) is 3.39. The minimum Gasteiger partial charge on any atom is -0.366 e. The van der Waals surface area contributed by atoms with E-state index in [0.717, 1.165) is 33.7 Å². The van der Waals surface area contributed by atoms with Gasteiger partial charge in [0.1, 0.15) is 0 Å². The zero-order chi connectivity index (χ0) is 22.5. The molecule has 32 heavy (non-hydrogen) atoms. The van der Waals surface area contributed by atoms with E-state index in [0.29, 0.717) is 28.1 Å². The molecule has 4 aromatic rings. The van der Waals surface area contributed by atoms with Crippen LogP contribution in [0.4, 0.5) is 16.5 Å². The number of rotatable bonds is 7. The second-order valence-electron chi connectivity index (χ2n) is 7.22. The Balaban J connectivity index is 1.55. The molecule has 1 aromatic heterocycles. The van der Waals surface area contributed by atoms with Crippen LogP contribution in [0, 0.1) is 18.3 Å². The van der Waals surface area contributed by atoms with Gasteiger partial charge in [-0.15, -0.1) is 10.2 Å². The largest absolute Gasteiger partial charge is 0.366 e. The van der Waals surface area contributed by atoms with E-state index in [-0.39, 0.29) is 0 Å². The summed E-state index contributed by atoms with van der Waals surface area (Å²) < 4.78 is 0.912. The van der Waals surface area contributed by atoms with Crippen molar-refractivity contribution in [1.82, 2.24) is 4.98 Å². The lowest BCUT2D eigenvalue weighted by Crippen LogP contribution is -2.23. The lowest BCUT2D eigenvalue weighted by atomic mass is 10.1. The average Bonchev–Trinajstić information content (AvgIpc) is 3.18. The molecule has 4 rings (SSSR count). The Morgan fingerprint density at radius 1 is 1.03 bits per heavy atom. The molecule has 1 heterocycles. The van der Waals surface area contributed by atoms with Crippen LogP contribution in [-0.4, -0.2) is 11.5 Å². The Hall–Kier alpha value is -2.98. The molecule has 5 nitrogen and oxygen atoms in total. The molecule has 0 aliphatic heterocycles. The second-order valence-corrected chi connectivity index (χ2v) is 9.04. The Labute approximate surface area is 200 Å². The van der Waals surface area contributed by atoms with Gasteiger partial charge in [0.05, 0.1) is 38.4 Å². The van der Waals surface area contributed by atoms with Gasteiger partial charge in [0.2, 0.25) is 5.13 Å². The molecule has 8 heteroatoms. The first-order valence-corrected chi connectivity index (χ1v) is 11.5. The number of thiazole rings is 1. The molecule has 0 unspecified atom stereocenters. The van der Waals surface area contributed by atoms with Gasteiger partial charge in [-0.25, -0.2) is 4.98 Å². The average molecular weight is 480 g/mol. The molecule has 3 aromatic carbocycles. The Bertz CT molecular complexity index is 1270. The van der Waals surface area contributed by atoms with Gasteiger partial charge in [-0.1, -0.05) is 64.9 Å². The number of anilines is 1. The van der Waals surface area contributed by atoms with Crippen molar-refractivity contribution in [3.8, 4) is 6.07 Å². The Kier molecular flexibility index (Phi) is 7.01. The maximum absolute atomic E-state index is 9.06.